The number of carbonyl (C=O) groups is 1. The van der Waals surface area contributed by atoms with E-state index in [0.717, 1.165) is 35.7 Å². The second kappa shape index (κ2) is 6.22. The van der Waals surface area contributed by atoms with Crippen LogP contribution in [0.25, 0.3) is 0 Å². The molecule has 0 N–H and O–H groups in total. The number of aryl methyl sites for hydroxylation is 2. The van der Waals surface area contributed by atoms with Crippen LogP contribution in [0.4, 0.5) is 0 Å². The summed E-state index contributed by atoms with van der Waals surface area (Å²) >= 11 is 0. The lowest BCUT2D eigenvalue weighted by Gasteiger charge is -2.16. The van der Waals surface area contributed by atoms with Crippen LogP contribution in [0, 0.1) is 13.8 Å². The smallest absolute Gasteiger partial charge is 0.227 e. The third-order valence-corrected chi connectivity index (χ3v) is 3.98. The largest absolute Gasteiger partial charge is 0.342 e. The van der Waals surface area contributed by atoms with E-state index in [1.54, 1.807) is 12.4 Å². The van der Waals surface area contributed by atoms with Crippen molar-refractivity contribution in [3.05, 3.63) is 53.4 Å². The van der Waals surface area contributed by atoms with Crippen molar-refractivity contribution >= 4 is 5.91 Å². The highest BCUT2D eigenvalue weighted by Crippen LogP contribution is 2.25. The van der Waals surface area contributed by atoms with E-state index < -0.39 is 0 Å². The molecular weight excluding hydrogens is 276 g/mol. The lowest BCUT2D eigenvalue weighted by atomic mass is 10.1. The van der Waals surface area contributed by atoms with Crippen molar-refractivity contribution in [1.29, 1.82) is 0 Å². The van der Waals surface area contributed by atoms with E-state index in [1.165, 1.54) is 0 Å². The topological polar surface area (TPSA) is 59.0 Å². The van der Waals surface area contributed by atoms with Crippen LogP contribution in [-0.2, 0) is 11.2 Å². The van der Waals surface area contributed by atoms with Gasteiger partial charge in [0.05, 0.1) is 6.42 Å². The van der Waals surface area contributed by atoms with Gasteiger partial charge in [-0.25, -0.2) is 9.97 Å². The predicted octanol–water partition coefficient (Wildman–Crippen LogP) is 2.05. The van der Waals surface area contributed by atoms with E-state index in [0.29, 0.717) is 13.0 Å². The summed E-state index contributed by atoms with van der Waals surface area (Å²) in [6, 6.07) is 5.77. The number of hydrogen-bond donors (Lipinski definition) is 0. The summed E-state index contributed by atoms with van der Waals surface area (Å²) < 4.78 is 0. The van der Waals surface area contributed by atoms with Crippen LogP contribution >= 0.6 is 0 Å². The summed E-state index contributed by atoms with van der Waals surface area (Å²) in [4.78, 5) is 27.4. The summed E-state index contributed by atoms with van der Waals surface area (Å²) in [6.45, 7) is 5.46. The Labute approximate surface area is 130 Å². The van der Waals surface area contributed by atoms with Gasteiger partial charge in [0.25, 0.3) is 0 Å². The lowest BCUT2D eigenvalue weighted by Crippen LogP contribution is -2.30. The van der Waals surface area contributed by atoms with Gasteiger partial charge in [0, 0.05) is 42.8 Å². The zero-order valence-electron chi connectivity index (χ0n) is 13.0. The number of aromatic nitrogens is 3. The monoisotopic (exact) mass is 296 g/mol. The Kier molecular flexibility index (Phi) is 4.13. The first-order chi connectivity index (χ1) is 10.6. The Balaban J connectivity index is 1.65. The maximum atomic E-state index is 12.4. The van der Waals surface area contributed by atoms with Crippen LogP contribution in [-0.4, -0.2) is 38.8 Å². The molecule has 0 aromatic carbocycles. The molecule has 0 spiro atoms. The van der Waals surface area contributed by atoms with Crippen molar-refractivity contribution in [1.82, 2.24) is 19.9 Å². The minimum atomic E-state index is 0.153. The first-order valence-corrected chi connectivity index (χ1v) is 7.60. The van der Waals surface area contributed by atoms with Crippen LogP contribution in [0.5, 0.6) is 0 Å². The van der Waals surface area contributed by atoms with Crippen LogP contribution in [0.15, 0.2) is 30.6 Å². The second-order valence-electron chi connectivity index (χ2n) is 5.87. The van der Waals surface area contributed by atoms with Crippen molar-refractivity contribution in [3.8, 4) is 0 Å². The van der Waals surface area contributed by atoms with E-state index in [-0.39, 0.29) is 11.8 Å². The number of nitrogens with zero attached hydrogens (tertiary/aromatic N) is 4. The van der Waals surface area contributed by atoms with Gasteiger partial charge in [0.15, 0.2) is 0 Å². The van der Waals surface area contributed by atoms with E-state index in [2.05, 4.69) is 15.0 Å². The van der Waals surface area contributed by atoms with Crippen LogP contribution < -0.4 is 0 Å². The molecule has 22 heavy (non-hydrogen) atoms. The molecule has 1 aliphatic heterocycles. The van der Waals surface area contributed by atoms with Gasteiger partial charge in [0.2, 0.25) is 5.91 Å². The molecule has 2 aromatic heterocycles. The molecule has 1 aliphatic rings. The van der Waals surface area contributed by atoms with Gasteiger partial charge in [-0.3, -0.25) is 9.78 Å². The van der Waals surface area contributed by atoms with Crippen molar-refractivity contribution in [2.45, 2.75) is 32.6 Å². The molecule has 5 nitrogen and oxygen atoms in total. The third-order valence-electron chi connectivity index (χ3n) is 3.98. The number of amides is 1. The van der Waals surface area contributed by atoms with E-state index >= 15 is 0 Å². The first-order valence-electron chi connectivity index (χ1n) is 7.60. The number of hydrogen-bond acceptors (Lipinski definition) is 4. The molecular formula is C17H20N4O. The Morgan fingerprint density at radius 3 is 2.77 bits per heavy atom. The van der Waals surface area contributed by atoms with Crippen molar-refractivity contribution in [3.63, 3.8) is 0 Å². The Morgan fingerprint density at radius 2 is 2.09 bits per heavy atom. The molecule has 1 atom stereocenters. The Bertz CT molecular complexity index is 651. The molecule has 0 bridgehead atoms. The number of carbonyl (C=O) groups excluding carboxylic acids is 1. The summed E-state index contributed by atoms with van der Waals surface area (Å²) in [7, 11) is 0. The first kappa shape index (κ1) is 14.6. The molecule has 5 heteroatoms. The highest BCUT2D eigenvalue weighted by Gasteiger charge is 2.29. The molecule has 1 saturated heterocycles. The molecule has 114 valence electrons. The molecule has 0 radical (unpaired) electrons. The molecule has 3 heterocycles. The zero-order chi connectivity index (χ0) is 15.5. The fourth-order valence-corrected chi connectivity index (χ4v) is 2.92. The molecule has 1 fully saturated rings. The highest BCUT2D eigenvalue weighted by atomic mass is 16.2. The van der Waals surface area contributed by atoms with E-state index in [1.807, 2.05) is 36.9 Å². The number of rotatable bonds is 3. The quantitative estimate of drug-likeness (QED) is 0.870. The predicted molar refractivity (Wildman–Crippen MR) is 83.4 cm³/mol. The molecule has 0 unspecified atom stereocenters. The van der Waals surface area contributed by atoms with E-state index in [9.17, 15) is 4.79 Å². The van der Waals surface area contributed by atoms with Gasteiger partial charge in [-0.15, -0.1) is 0 Å². The Hall–Kier alpha value is -2.30. The zero-order valence-corrected chi connectivity index (χ0v) is 13.0. The molecule has 1 amide bonds. The third kappa shape index (κ3) is 3.30. The molecule has 3 rings (SSSR count). The van der Waals surface area contributed by atoms with Gasteiger partial charge in [-0.2, -0.15) is 0 Å². The minimum absolute atomic E-state index is 0.153. The van der Waals surface area contributed by atoms with Gasteiger partial charge in [0.1, 0.15) is 5.82 Å². The normalized spacial score (nSPS) is 17.7. The minimum Gasteiger partial charge on any atom is -0.342 e. The Morgan fingerprint density at radius 1 is 1.32 bits per heavy atom. The maximum Gasteiger partial charge on any atom is 0.227 e. The molecule has 0 aliphatic carbocycles. The standard InChI is InChI=1S/C17H20N4O/c1-12-8-13(2)20-17(19-12)15-5-7-21(11-15)16(22)9-14-4-3-6-18-10-14/h3-4,6,8,10,15H,5,7,9,11H2,1-2H3/t15-/m0/s1. The SMILES string of the molecule is Cc1cc(C)nc([C@H]2CCN(C(=O)Cc3cccnc3)C2)n1. The maximum absolute atomic E-state index is 12.4. The second-order valence-corrected chi connectivity index (χ2v) is 5.87. The molecule has 0 saturated carbocycles. The lowest BCUT2D eigenvalue weighted by molar-refractivity contribution is -0.129. The van der Waals surface area contributed by atoms with Crippen LogP contribution in [0.2, 0.25) is 0 Å². The van der Waals surface area contributed by atoms with Crippen molar-refractivity contribution < 1.29 is 4.79 Å². The van der Waals surface area contributed by atoms with Gasteiger partial charge >= 0.3 is 0 Å². The van der Waals surface area contributed by atoms with E-state index in [4.69, 9.17) is 0 Å². The van der Waals surface area contributed by atoms with Gasteiger partial charge < -0.3 is 4.90 Å². The number of pyridine rings is 1. The van der Waals surface area contributed by atoms with Crippen molar-refractivity contribution in [2.75, 3.05) is 13.1 Å². The molecule has 2 aromatic rings. The average molecular weight is 296 g/mol. The summed E-state index contributed by atoms with van der Waals surface area (Å²) in [5.41, 5.74) is 2.93. The summed E-state index contributed by atoms with van der Waals surface area (Å²) in [6.07, 6.45) is 4.81. The summed E-state index contributed by atoms with van der Waals surface area (Å²) in [5, 5.41) is 0. The highest BCUT2D eigenvalue weighted by molar-refractivity contribution is 5.79. The fraction of sp³-hybridized carbons (Fsp3) is 0.412. The summed E-state index contributed by atoms with van der Waals surface area (Å²) in [5.74, 6) is 1.27. The average Bonchev–Trinajstić information content (AvgIpc) is 2.97. The fourth-order valence-electron chi connectivity index (χ4n) is 2.92. The van der Waals surface area contributed by atoms with Crippen LogP contribution in [0.1, 0.15) is 35.1 Å². The number of likely N-dealkylation sites (tertiary alicyclic amines) is 1. The van der Waals surface area contributed by atoms with Crippen LogP contribution in [0.3, 0.4) is 0 Å². The van der Waals surface area contributed by atoms with Gasteiger partial charge in [-0.05, 0) is 38.0 Å². The van der Waals surface area contributed by atoms with Crippen molar-refractivity contribution in [2.24, 2.45) is 0 Å². The van der Waals surface area contributed by atoms with Gasteiger partial charge in [-0.1, -0.05) is 6.07 Å².